The van der Waals surface area contributed by atoms with E-state index in [9.17, 15) is 27.9 Å². The molecule has 1 aliphatic carbocycles. The van der Waals surface area contributed by atoms with Crippen molar-refractivity contribution in [3.8, 4) is 0 Å². The summed E-state index contributed by atoms with van der Waals surface area (Å²) in [6, 6.07) is 0. The average Bonchev–Trinajstić information content (AvgIpc) is 2.79. The monoisotopic (exact) mass is 307 g/mol. The number of nitrogens with zero attached hydrogens (tertiary/aromatic N) is 1. The predicted octanol–water partition coefficient (Wildman–Crippen LogP) is 2.53. The van der Waals surface area contributed by atoms with Crippen LogP contribution in [0, 0.1) is 23.7 Å². The number of hydrogen-bond acceptors (Lipinski definition) is 2. The summed E-state index contributed by atoms with van der Waals surface area (Å²) < 4.78 is 37.8. The topological polar surface area (TPSA) is 57.6 Å². The molecule has 0 aromatic heterocycles. The molecule has 2 rings (SSSR count). The smallest absolute Gasteiger partial charge is 0.391 e. The van der Waals surface area contributed by atoms with Gasteiger partial charge in [0.2, 0.25) is 5.91 Å². The second-order valence-electron chi connectivity index (χ2n) is 6.27. The molecule has 7 heteroatoms. The van der Waals surface area contributed by atoms with Gasteiger partial charge in [0.15, 0.2) is 0 Å². The Bertz CT molecular complexity index is 416. The van der Waals surface area contributed by atoms with Gasteiger partial charge >= 0.3 is 12.1 Å². The molecule has 120 valence electrons. The van der Waals surface area contributed by atoms with Gasteiger partial charge < -0.3 is 10.0 Å². The van der Waals surface area contributed by atoms with Crippen LogP contribution < -0.4 is 0 Å². The fraction of sp³-hybridized carbons (Fsp3) is 0.857. The van der Waals surface area contributed by atoms with Crippen LogP contribution in [0.5, 0.6) is 0 Å². The summed E-state index contributed by atoms with van der Waals surface area (Å²) in [5, 5.41) is 9.18. The minimum atomic E-state index is -4.21. The first kappa shape index (κ1) is 16.1. The third-order valence-corrected chi connectivity index (χ3v) is 4.70. The normalized spacial score (nSPS) is 31.4. The Kier molecular flexibility index (Phi) is 4.49. The first-order valence-corrected chi connectivity index (χ1v) is 7.28. The number of hydrogen-bond donors (Lipinski definition) is 1. The molecule has 1 aliphatic heterocycles. The average molecular weight is 307 g/mol. The van der Waals surface area contributed by atoms with E-state index in [4.69, 9.17) is 0 Å². The van der Waals surface area contributed by atoms with E-state index in [-0.39, 0.29) is 37.8 Å². The molecule has 1 amide bonds. The zero-order valence-electron chi connectivity index (χ0n) is 11.9. The minimum Gasteiger partial charge on any atom is -0.481 e. The van der Waals surface area contributed by atoms with Gasteiger partial charge in [-0.05, 0) is 31.6 Å². The van der Waals surface area contributed by atoms with Crippen molar-refractivity contribution in [1.82, 2.24) is 4.90 Å². The van der Waals surface area contributed by atoms with Crippen molar-refractivity contribution < 1.29 is 27.9 Å². The highest BCUT2D eigenvalue weighted by molar-refractivity contribution is 5.85. The lowest BCUT2D eigenvalue weighted by Gasteiger charge is -2.35. The van der Waals surface area contributed by atoms with E-state index in [1.807, 2.05) is 6.92 Å². The van der Waals surface area contributed by atoms with E-state index in [0.717, 1.165) is 0 Å². The lowest BCUT2D eigenvalue weighted by atomic mass is 9.91. The molecule has 0 radical (unpaired) electrons. The van der Waals surface area contributed by atoms with Gasteiger partial charge in [0.1, 0.15) is 0 Å². The van der Waals surface area contributed by atoms with Crippen LogP contribution in [0.25, 0.3) is 0 Å². The molecule has 3 unspecified atom stereocenters. The van der Waals surface area contributed by atoms with Crippen molar-refractivity contribution in [2.24, 2.45) is 23.7 Å². The zero-order chi connectivity index (χ0) is 15.8. The predicted molar refractivity (Wildman–Crippen MR) is 68.4 cm³/mol. The van der Waals surface area contributed by atoms with Crippen molar-refractivity contribution in [2.75, 3.05) is 13.1 Å². The molecule has 0 aromatic carbocycles. The molecule has 3 atom stereocenters. The fourth-order valence-electron chi connectivity index (χ4n) is 3.50. The highest BCUT2D eigenvalue weighted by Crippen LogP contribution is 2.39. The summed E-state index contributed by atoms with van der Waals surface area (Å²) in [6.07, 6.45) is -3.41. The maximum absolute atomic E-state index is 12.6. The summed E-state index contributed by atoms with van der Waals surface area (Å²) in [7, 11) is 0. The van der Waals surface area contributed by atoms with Crippen LogP contribution in [0.1, 0.15) is 32.6 Å². The van der Waals surface area contributed by atoms with Crippen LogP contribution in [-0.4, -0.2) is 41.1 Å². The van der Waals surface area contributed by atoms with Gasteiger partial charge in [0.05, 0.1) is 17.8 Å². The van der Waals surface area contributed by atoms with Crippen molar-refractivity contribution in [3.63, 3.8) is 0 Å². The molecule has 1 N–H and O–H groups in total. The second kappa shape index (κ2) is 5.85. The molecule has 2 fully saturated rings. The number of amides is 1. The Hall–Kier alpha value is -1.27. The number of rotatable bonds is 2. The minimum absolute atomic E-state index is 0.0697. The number of aliphatic carboxylic acids is 1. The van der Waals surface area contributed by atoms with Crippen LogP contribution in [0.15, 0.2) is 0 Å². The Labute approximate surface area is 121 Å². The molecule has 1 saturated carbocycles. The number of halogens is 3. The van der Waals surface area contributed by atoms with Gasteiger partial charge in [-0.25, -0.2) is 0 Å². The van der Waals surface area contributed by atoms with Crippen LogP contribution in [-0.2, 0) is 9.59 Å². The molecule has 21 heavy (non-hydrogen) atoms. The van der Waals surface area contributed by atoms with E-state index in [1.165, 1.54) is 4.90 Å². The Balaban J connectivity index is 1.97. The van der Waals surface area contributed by atoms with Gasteiger partial charge in [-0.3, -0.25) is 9.59 Å². The van der Waals surface area contributed by atoms with Crippen molar-refractivity contribution in [2.45, 2.75) is 38.8 Å². The summed E-state index contributed by atoms with van der Waals surface area (Å²) in [6.45, 7) is 2.04. The van der Waals surface area contributed by atoms with Crippen LogP contribution in [0.2, 0.25) is 0 Å². The third kappa shape index (κ3) is 3.49. The number of carboxylic acid groups (broad SMARTS) is 1. The summed E-state index contributed by atoms with van der Waals surface area (Å²) in [5.74, 6) is -3.74. The Morgan fingerprint density at radius 3 is 2.10 bits per heavy atom. The first-order valence-electron chi connectivity index (χ1n) is 7.28. The van der Waals surface area contributed by atoms with Gasteiger partial charge in [-0.2, -0.15) is 13.2 Å². The SMILES string of the molecule is CC1CC(C(=O)O)C(C(=O)N2CCC(C(F)(F)F)CC2)C1. The van der Waals surface area contributed by atoms with E-state index in [1.54, 1.807) is 0 Å². The van der Waals surface area contributed by atoms with Crippen molar-refractivity contribution in [1.29, 1.82) is 0 Å². The van der Waals surface area contributed by atoms with E-state index in [2.05, 4.69) is 0 Å². The summed E-state index contributed by atoms with van der Waals surface area (Å²) in [5.41, 5.74) is 0. The Morgan fingerprint density at radius 1 is 1.10 bits per heavy atom. The zero-order valence-corrected chi connectivity index (χ0v) is 11.9. The third-order valence-electron chi connectivity index (χ3n) is 4.70. The first-order chi connectivity index (χ1) is 9.70. The lowest BCUT2D eigenvalue weighted by molar-refractivity contribution is -0.187. The quantitative estimate of drug-likeness (QED) is 0.853. The highest BCUT2D eigenvalue weighted by atomic mass is 19.4. The van der Waals surface area contributed by atoms with Crippen LogP contribution in [0.4, 0.5) is 13.2 Å². The van der Waals surface area contributed by atoms with Gasteiger partial charge in [0.25, 0.3) is 0 Å². The van der Waals surface area contributed by atoms with E-state index >= 15 is 0 Å². The molecule has 0 aromatic rings. The highest BCUT2D eigenvalue weighted by Gasteiger charge is 2.45. The molecule has 4 nitrogen and oxygen atoms in total. The molecule has 2 aliphatic rings. The van der Waals surface area contributed by atoms with Crippen molar-refractivity contribution in [3.05, 3.63) is 0 Å². The molecule has 0 spiro atoms. The van der Waals surface area contributed by atoms with E-state index < -0.39 is 29.9 Å². The summed E-state index contributed by atoms with van der Waals surface area (Å²) in [4.78, 5) is 25.0. The number of alkyl halides is 3. The van der Waals surface area contributed by atoms with Gasteiger partial charge in [-0.15, -0.1) is 0 Å². The maximum atomic E-state index is 12.6. The molecule has 1 heterocycles. The fourth-order valence-corrected chi connectivity index (χ4v) is 3.50. The van der Waals surface area contributed by atoms with Crippen LogP contribution in [0.3, 0.4) is 0 Å². The molecule has 1 saturated heterocycles. The molecular formula is C14H20F3NO3. The molecule has 0 bridgehead atoms. The number of carboxylic acids is 1. The van der Waals surface area contributed by atoms with Crippen LogP contribution >= 0.6 is 0 Å². The number of likely N-dealkylation sites (tertiary alicyclic amines) is 1. The number of carbonyl (C=O) groups is 2. The lowest BCUT2D eigenvalue weighted by Crippen LogP contribution is -2.45. The van der Waals surface area contributed by atoms with Crippen molar-refractivity contribution >= 4 is 11.9 Å². The number of carbonyl (C=O) groups excluding carboxylic acids is 1. The standard InChI is InChI=1S/C14H20F3NO3/c1-8-6-10(11(7-8)13(20)21)12(19)18-4-2-9(3-5-18)14(15,16)17/h8-11H,2-7H2,1H3,(H,20,21). The second-order valence-corrected chi connectivity index (χ2v) is 6.27. The van der Waals surface area contributed by atoms with Gasteiger partial charge in [0, 0.05) is 13.1 Å². The molecular weight excluding hydrogens is 287 g/mol. The largest absolute Gasteiger partial charge is 0.481 e. The summed E-state index contributed by atoms with van der Waals surface area (Å²) >= 11 is 0. The maximum Gasteiger partial charge on any atom is 0.391 e. The van der Waals surface area contributed by atoms with E-state index in [0.29, 0.717) is 12.8 Å². The Morgan fingerprint density at radius 2 is 1.62 bits per heavy atom. The number of piperidine rings is 1. The van der Waals surface area contributed by atoms with Gasteiger partial charge in [-0.1, -0.05) is 6.92 Å².